The van der Waals surface area contributed by atoms with Gasteiger partial charge in [-0.1, -0.05) is 27.5 Å². The van der Waals surface area contributed by atoms with Crippen LogP contribution in [-0.2, 0) is 16.6 Å². The van der Waals surface area contributed by atoms with E-state index in [0.717, 1.165) is 4.47 Å². The fourth-order valence-corrected chi connectivity index (χ4v) is 4.85. The van der Waals surface area contributed by atoms with Gasteiger partial charge in [0.2, 0.25) is 5.95 Å². The van der Waals surface area contributed by atoms with Crippen LogP contribution in [0.5, 0.6) is 5.75 Å². The predicted octanol–water partition coefficient (Wildman–Crippen LogP) is 5.73. The Morgan fingerprint density at radius 3 is 2.39 bits per heavy atom. The summed E-state index contributed by atoms with van der Waals surface area (Å²) in [5.74, 6) is 0.474. The molecule has 36 heavy (non-hydrogen) atoms. The number of ether oxygens (including phenoxy) is 1. The predicted molar refractivity (Wildman–Crippen MR) is 139 cm³/mol. The van der Waals surface area contributed by atoms with Crippen LogP contribution in [0.3, 0.4) is 0 Å². The highest BCUT2D eigenvalue weighted by Crippen LogP contribution is 2.28. The number of rotatable bonds is 8. The maximum Gasteiger partial charge on any atom is 0.291 e. The van der Waals surface area contributed by atoms with Crippen molar-refractivity contribution in [2.24, 2.45) is 0 Å². The van der Waals surface area contributed by atoms with E-state index in [1.807, 2.05) is 0 Å². The Morgan fingerprint density at radius 1 is 1.03 bits per heavy atom. The molecular formula is C24H20BrClN4O5S. The lowest BCUT2D eigenvalue weighted by molar-refractivity contribution is 0.0992. The number of hydrogen-bond acceptors (Lipinski definition) is 7. The first-order valence-corrected chi connectivity index (χ1v) is 13.2. The van der Waals surface area contributed by atoms with Gasteiger partial charge < -0.3 is 14.5 Å². The molecule has 0 radical (unpaired) electrons. The number of carbonyl (C=O) groups is 1. The fraction of sp³-hybridized carbons (Fsp3) is 0.125. The lowest BCUT2D eigenvalue weighted by atomic mass is 10.3. The van der Waals surface area contributed by atoms with Gasteiger partial charge >= 0.3 is 0 Å². The van der Waals surface area contributed by atoms with Gasteiger partial charge in [0.05, 0.1) is 9.92 Å². The van der Waals surface area contributed by atoms with Crippen molar-refractivity contribution in [3.05, 3.63) is 93.1 Å². The molecule has 0 saturated heterocycles. The third-order valence-electron chi connectivity index (χ3n) is 4.78. The van der Waals surface area contributed by atoms with E-state index in [1.165, 1.54) is 30.3 Å². The molecule has 9 nitrogen and oxygen atoms in total. The van der Waals surface area contributed by atoms with Crippen molar-refractivity contribution in [3.8, 4) is 5.75 Å². The van der Waals surface area contributed by atoms with Crippen molar-refractivity contribution in [1.82, 2.24) is 9.97 Å². The van der Waals surface area contributed by atoms with E-state index >= 15 is 0 Å². The van der Waals surface area contributed by atoms with Crippen LogP contribution in [0.2, 0.25) is 5.02 Å². The molecule has 4 aromatic rings. The Balaban J connectivity index is 1.37. The summed E-state index contributed by atoms with van der Waals surface area (Å²) in [6, 6.07) is 15.8. The summed E-state index contributed by atoms with van der Waals surface area (Å²) in [6.07, 6.45) is 0. The molecule has 0 aliphatic carbocycles. The molecule has 2 heterocycles. The minimum atomic E-state index is -3.91. The first-order valence-electron chi connectivity index (χ1n) is 10.5. The number of carbonyl (C=O) groups excluding carboxylic acids is 1. The number of anilines is 2. The molecule has 0 saturated carbocycles. The van der Waals surface area contributed by atoms with Gasteiger partial charge in [0.25, 0.3) is 15.9 Å². The number of halogens is 2. The summed E-state index contributed by atoms with van der Waals surface area (Å²) in [5, 5.41) is 3.11. The van der Waals surface area contributed by atoms with Crippen molar-refractivity contribution in [1.29, 1.82) is 0 Å². The normalized spacial score (nSPS) is 11.2. The number of benzene rings is 2. The Hall–Kier alpha value is -3.41. The smallest absolute Gasteiger partial charge is 0.291 e. The van der Waals surface area contributed by atoms with Crippen molar-refractivity contribution >= 4 is 55.1 Å². The SMILES string of the molecule is Cc1cc(C)nc(NS(=O)(=O)c2ccc(NC(=O)c3ccc(COc4ccc(Br)cc4Cl)o3)cc2)n1. The lowest BCUT2D eigenvalue weighted by Gasteiger charge is -2.09. The average Bonchev–Trinajstić information content (AvgIpc) is 3.27. The van der Waals surface area contributed by atoms with E-state index in [0.29, 0.717) is 33.6 Å². The second-order valence-electron chi connectivity index (χ2n) is 7.69. The zero-order valence-electron chi connectivity index (χ0n) is 19.1. The van der Waals surface area contributed by atoms with Gasteiger partial charge in [-0.3, -0.25) is 4.79 Å². The maximum absolute atomic E-state index is 12.7. The number of nitrogens with one attached hydrogen (secondary N) is 2. The molecule has 0 fully saturated rings. The minimum absolute atomic E-state index is 0.00713. The first-order chi connectivity index (χ1) is 17.1. The largest absolute Gasteiger partial charge is 0.484 e. The van der Waals surface area contributed by atoms with E-state index in [4.69, 9.17) is 20.8 Å². The van der Waals surface area contributed by atoms with Crippen LogP contribution in [0.15, 0.2) is 74.4 Å². The monoisotopic (exact) mass is 590 g/mol. The zero-order chi connectivity index (χ0) is 25.9. The lowest BCUT2D eigenvalue weighted by Crippen LogP contribution is -2.16. The van der Waals surface area contributed by atoms with Gasteiger partial charge in [-0.15, -0.1) is 0 Å². The van der Waals surface area contributed by atoms with E-state index in [9.17, 15) is 13.2 Å². The molecule has 0 bridgehead atoms. The second-order valence-corrected chi connectivity index (χ2v) is 10.7. The van der Waals surface area contributed by atoms with E-state index in [1.54, 1.807) is 44.2 Å². The van der Waals surface area contributed by atoms with Crippen molar-refractivity contribution in [3.63, 3.8) is 0 Å². The molecule has 2 aromatic carbocycles. The zero-order valence-corrected chi connectivity index (χ0v) is 22.2. The highest BCUT2D eigenvalue weighted by atomic mass is 79.9. The van der Waals surface area contributed by atoms with E-state index in [-0.39, 0.29) is 23.2 Å². The minimum Gasteiger partial charge on any atom is -0.484 e. The van der Waals surface area contributed by atoms with Gasteiger partial charge in [0, 0.05) is 21.5 Å². The summed E-state index contributed by atoms with van der Waals surface area (Å²) < 4.78 is 39.7. The molecular weight excluding hydrogens is 572 g/mol. The van der Waals surface area contributed by atoms with Crippen LogP contribution in [0.1, 0.15) is 27.7 Å². The molecule has 2 aromatic heterocycles. The van der Waals surface area contributed by atoms with Gasteiger partial charge in [-0.05, 0) is 74.5 Å². The van der Waals surface area contributed by atoms with Crippen LogP contribution in [-0.4, -0.2) is 24.3 Å². The Labute approximate surface area is 221 Å². The molecule has 0 atom stereocenters. The second kappa shape index (κ2) is 10.7. The Morgan fingerprint density at radius 2 is 1.72 bits per heavy atom. The number of amides is 1. The van der Waals surface area contributed by atoms with E-state index < -0.39 is 15.9 Å². The quantitative estimate of drug-likeness (QED) is 0.268. The van der Waals surface area contributed by atoms with Gasteiger partial charge in [-0.2, -0.15) is 0 Å². The van der Waals surface area contributed by atoms with Gasteiger partial charge in [0.15, 0.2) is 5.76 Å². The number of hydrogen-bond donors (Lipinski definition) is 2. The van der Waals surface area contributed by atoms with Crippen LogP contribution >= 0.6 is 27.5 Å². The van der Waals surface area contributed by atoms with Crippen molar-refractivity contribution in [2.75, 3.05) is 10.0 Å². The molecule has 186 valence electrons. The Kier molecular flexibility index (Phi) is 7.62. The number of sulfonamides is 1. The topological polar surface area (TPSA) is 123 Å². The fourth-order valence-electron chi connectivity index (χ4n) is 3.18. The van der Waals surface area contributed by atoms with Gasteiger partial charge in [-0.25, -0.2) is 23.1 Å². The van der Waals surface area contributed by atoms with Crippen LogP contribution in [0, 0.1) is 13.8 Å². The molecule has 1 amide bonds. The molecule has 0 unspecified atom stereocenters. The molecule has 2 N–H and O–H groups in total. The highest BCUT2D eigenvalue weighted by Gasteiger charge is 2.17. The third kappa shape index (κ3) is 6.42. The van der Waals surface area contributed by atoms with Crippen LogP contribution in [0.4, 0.5) is 11.6 Å². The maximum atomic E-state index is 12.7. The van der Waals surface area contributed by atoms with Crippen LogP contribution < -0.4 is 14.8 Å². The molecule has 0 aliphatic rings. The van der Waals surface area contributed by atoms with E-state index in [2.05, 4.69) is 35.9 Å². The summed E-state index contributed by atoms with van der Waals surface area (Å²) in [5.41, 5.74) is 1.67. The van der Waals surface area contributed by atoms with Crippen LogP contribution in [0.25, 0.3) is 0 Å². The summed E-state index contributed by atoms with van der Waals surface area (Å²) in [6.45, 7) is 3.58. The summed E-state index contributed by atoms with van der Waals surface area (Å²) >= 11 is 9.47. The highest BCUT2D eigenvalue weighted by molar-refractivity contribution is 9.10. The Bertz CT molecular complexity index is 1500. The third-order valence-corrected chi connectivity index (χ3v) is 6.91. The molecule has 0 spiro atoms. The van der Waals surface area contributed by atoms with Crippen molar-refractivity contribution < 1.29 is 22.4 Å². The first kappa shape index (κ1) is 25.7. The molecule has 12 heteroatoms. The average molecular weight is 592 g/mol. The molecule has 4 rings (SSSR count). The number of nitrogens with zero attached hydrogens (tertiary/aromatic N) is 2. The summed E-state index contributed by atoms with van der Waals surface area (Å²) in [4.78, 5) is 20.7. The standard InChI is InChI=1S/C24H20BrClN4O5S/c1-14-11-15(2)28-24(27-14)30-36(32,33)19-7-4-17(5-8-19)29-23(31)22-10-6-18(35-22)13-34-21-9-3-16(25)12-20(21)26/h3-12H,13H2,1-2H3,(H,29,31)(H,27,28,30). The number of aromatic nitrogens is 2. The number of aryl methyl sites for hydroxylation is 2. The molecule has 0 aliphatic heterocycles. The summed E-state index contributed by atoms with van der Waals surface area (Å²) in [7, 11) is -3.91. The number of furan rings is 1. The van der Waals surface area contributed by atoms with Gasteiger partial charge in [0.1, 0.15) is 18.1 Å². The van der Waals surface area contributed by atoms with Crippen molar-refractivity contribution in [2.45, 2.75) is 25.3 Å².